The third-order valence-corrected chi connectivity index (χ3v) is 2.90. The molecule has 1 aromatic carbocycles. The summed E-state index contributed by atoms with van der Waals surface area (Å²) >= 11 is 1.83. The van der Waals surface area contributed by atoms with Crippen molar-refractivity contribution in [2.24, 2.45) is 0 Å². The van der Waals surface area contributed by atoms with Gasteiger partial charge in [-0.2, -0.15) is 0 Å². The van der Waals surface area contributed by atoms with Crippen LogP contribution in [-0.4, -0.2) is 5.75 Å². The van der Waals surface area contributed by atoms with Crippen LogP contribution in [0.3, 0.4) is 0 Å². The molecular weight excluding hydrogens is 180 g/mol. The van der Waals surface area contributed by atoms with E-state index >= 15 is 0 Å². The number of unbranched alkanes of at least 4 members (excludes halogenated alkanes) is 1. The van der Waals surface area contributed by atoms with Crippen LogP contribution in [0, 0.1) is 0 Å². The maximum absolute atomic E-state index is 5.69. The van der Waals surface area contributed by atoms with Crippen molar-refractivity contribution in [3.63, 3.8) is 0 Å². The van der Waals surface area contributed by atoms with Crippen LogP contribution < -0.4 is 11.5 Å². The highest BCUT2D eigenvalue weighted by Crippen LogP contribution is 2.24. The van der Waals surface area contributed by atoms with Gasteiger partial charge in [0.05, 0.1) is 11.4 Å². The Kier molecular flexibility index (Phi) is 3.96. The smallest absolute Gasteiger partial charge is 0.0559 e. The molecule has 0 atom stereocenters. The molecule has 0 aromatic heterocycles. The fourth-order valence-corrected chi connectivity index (χ4v) is 2.02. The fourth-order valence-electron chi connectivity index (χ4n) is 0.977. The van der Waals surface area contributed by atoms with E-state index in [0.29, 0.717) is 11.4 Å². The number of anilines is 2. The number of hydrogen-bond acceptors (Lipinski definition) is 3. The molecule has 72 valence electrons. The normalized spacial score (nSPS) is 10.2. The second kappa shape index (κ2) is 5.02. The Morgan fingerprint density at radius 3 is 2.62 bits per heavy atom. The van der Waals surface area contributed by atoms with E-state index in [1.165, 1.54) is 17.7 Å². The Morgan fingerprint density at radius 2 is 2.00 bits per heavy atom. The molecule has 0 bridgehead atoms. The molecule has 1 aromatic rings. The van der Waals surface area contributed by atoms with Gasteiger partial charge >= 0.3 is 0 Å². The van der Waals surface area contributed by atoms with Crippen molar-refractivity contribution in [3.05, 3.63) is 18.2 Å². The monoisotopic (exact) mass is 196 g/mol. The zero-order valence-electron chi connectivity index (χ0n) is 7.92. The summed E-state index contributed by atoms with van der Waals surface area (Å²) in [6.07, 6.45) is 2.48. The van der Waals surface area contributed by atoms with Crippen molar-refractivity contribution < 1.29 is 0 Å². The SMILES string of the molecule is CCCCSc1ccc(N)c(N)c1. The first kappa shape index (κ1) is 10.3. The summed E-state index contributed by atoms with van der Waals surface area (Å²) in [5.74, 6) is 1.15. The zero-order chi connectivity index (χ0) is 9.68. The standard InChI is InChI=1S/C10H16N2S/c1-2-3-6-13-8-4-5-9(11)10(12)7-8/h4-5,7H,2-3,6,11-12H2,1H3. The number of hydrogen-bond donors (Lipinski definition) is 2. The number of rotatable bonds is 4. The van der Waals surface area contributed by atoms with Crippen LogP contribution >= 0.6 is 11.8 Å². The molecule has 0 saturated carbocycles. The molecule has 0 saturated heterocycles. The third-order valence-electron chi connectivity index (χ3n) is 1.82. The lowest BCUT2D eigenvalue weighted by Gasteiger charge is -2.03. The van der Waals surface area contributed by atoms with E-state index in [9.17, 15) is 0 Å². The van der Waals surface area contributed by atoms with E-state index < -0.39 is 0 Å². The van der Waals surface area contributed by atoms with Gasteiger partial charge in [-0.15, -0.1) is 11.8 Å². The Bertz CT molecular complexity index is 274. The minimum Gasteiger partial charge on any atom is -0.397 e. The van der Waals surface area contributed by atoms with Crippen molar-refractivity contribution in [3.8, 4) is 0 Å². The maximum Gasteiger partial charge on any atom is 0.0559 e. The van der Waals surface area contributed by atoms with Gasteiger partial charge in [-0.3, -0.25) is 0 Å². The van der Waals surface area contributed by atoms with Crippen LogP contribution in [0.5, 0.6) is 0 Å². The van der Waals surface area contributed by atoms with Crippen molar-refractivity contribution >= 4 is 23.1 Å². The molecule has 0 aliphatic heterocycles. The van der Waals surface area contributed by atoms with Gasteiger partial charge in [0.2, 0.25) is 0 Å². The number of benzene rings is 1. The molecule has 0 amide bonds. The molecule has 0 aliphatic carbocycles. The Hall–Kier alpha value is -0.830. The maximum atomic E-state index is 5.69. The van der Waals surface area contributed by atoms with Crippen LogP contribution in [0.25, 0.3) is 0 Å². The van der Waals surface area contributed by atoms with Gasteiger partial charge in [0.15, 0.2) is 0 Å². The second-order valence-corrected chi connectivity index (χ2v) is 4.16. The summed E-state index contributed by atoms with van der Waals surface area (Å²) in [5.41, 5.74) is 12.6. The largest absolute Gasteiger partial charge is 0.397 e. The van der Waals surface area contributed by atoms with Gasteiger partial charge in [0, 0.05) is 4.90 Å². The van der Waals surface area contributed by atoms with E-state index in [4.69, 9.17) is 11.5 Å². The van der Waals surface area contributed by atoms with Gasteiger partial charge in [-0.05, 0) is 30.4 Å². The average Bonchev–Trinajstić information content (AvgIpc) is 2.12. The Balaban J connectivity index is 2.53. The fraction of sp³-hybridized carbons (Fsp3) is 0.400. The van der Waals surface area contributed by atoms with Crippen LogP contribution in [0.2, 0.25) is 0 Å². The topological polar surface area (TPSA) is 52.0 Å². The summed E-state index contributed by atoms with van der Waals surface area (Å²) < 4.78 is 0. The van der Waals surface area contributed by atoms with Crippen molar-refractivity contribution in [1.82, 2.24) is 0 Å². The summed E-state index contributed by atoms with van der Waals surface area (Å²) in [4.78, 5) is 1.21. The molecule has 4 N–H and O–H groups in total. The summed E-state index contributed by atoms with van der Waals surface area (Å²) in [5, 5.41) is 0. The van der Waals surface area contributed by atoms with Crippen LogP contribution in [0.15, 0.2) is 23.1 Å². The van der Waals surface area contributed by atoms with Gasteiger partial charge in [0.25, 0.3) is 0 Å². The third kappa shape index (κ3) is 3.19. The highest BCUT2D eigenvalue weighted by molar-refractivity contribution is 7.99. The predicted octanol–water partition coefficient (Wildman–Crippen LogP) is 2.74. The first-order valence-corrected chi connectivity index (χ1v) is 5.50. The number of nitrogen functional groups attached to an aromatic ring is 2. The molecular formula is C10H16N2S. The molecule has 0 radical (unpaired) electrons. The average molecular weight is 196 g/mol. The Morgan fingerprint density at radius 1 is 1.23 bits per heavy atom. The van der Waals surface area contributed by atoms with E-state index in [1.54, 1.807) is 0 Å². The quantitative estimate of drug-likeness (QED) is 0.442. The number of nitrogens with two attached hydrogens (primary N) is 2. The second-order valence-electron chi connectivity index (χ2n) is 2.99. The summed E-state index contributed by atoms with van der Waals surface area (Å²) in [7, 11) is 0. The molecule has 0 heterocycles. The first-order valence-electron chi connectivity index (χ1n) is 4.52. The van der Waals surface area contributed by atoms with Crippen LogP contribution in [-0.2, 0) is 0 Å². The van der Waals surface area contributed by atoms with Crippen molar-refractivity contribution in [1.29, 1.82) is 0 Å². The van der Waals surface area contributed by atoms with Gasteiger partial charge < -0.3 is 11.5 Å². The lowest BCUT2D eigenvalue weighted by Crippen LogP contribution is -1.93. The highest BCUT2D eigenvalue weighted by atomic mass is 32.2. The first-order chi connectivity index (χ1) is 6.24. The van der Waals surface area contributed by atoms with E-state index in [1.807, 2.05) is 30.0 Å². The molecule has 3 heteroatoms. The van der Waals surface area contributed by atoms with Crippen molar-refractivity contribution in [2.75, 3.05) is 17.2 Å². The van der Waals surface area contributed by atoms with Gasteiger partial charge in [0.1, 0.15) is 0 Å². The Labute approximate surface area is 83.7 Å². The summed E-state index contributed by atoms with van der Waals surface area (Å²) in [6.45, 7) is 2.19. The van der Waals surface area contributed by atoms with Crippen LogP contribution in [0.4, 0.5) is 11.4 Å². The molecule has 0 aliphatic rings. The highest BCUT2D eigenvalue weighted by Gasteiger charge is 1.97. The van der Waals surface area contributed by atoms with Gasteiger partial charge in [-0.1, -0.05) is 13.3 Å². The summed E-state index contributed by atoms with van der Waals surface area (Å²) in [6, 6.07) is 5.82. The molecule has 0 spiro atoms. The molecule has 1 rings (SSSR count). The predicted molar refractivity (Wildman–Crippen MR) is 60.9 cm³/mol. The lowest BCUT2D eigenvalue weighted by atomic mass is 10.3. The van der Waals surface area contributed by atoms with E-state index in [-0.39, 0.29) is 0 Å². The minimum absolute atomic E-state index is 0.667. The minimum atomic E-state index is 0.667. The van der Waals surface area contributed by atoms with E-state index in [0.717, 1.165) is 5.75 Å². The zero-order valence-corrected chi connectivity index (χ0v) is 8.73. The lowest BCUT2D eigenvalue weighted by molar-refractivity contribution is 0.896. The van der Waals surface area contributed by atoms with Gasteiger partial charge in [-0.25, -0.2) is 0 Å². The van der Waals surface area contributed by atoms with Crippen LogP contribution in [0.1, 0.15) is 19.8 Å². The molecule has 13 heavy (non-hydrogen) atoms. The van der Waals surface area contributed by atoms with E-state index in [2.05, 4.69) is 6.92 Å². The molecule has 0 unspecified atom stereocenters. The molecule has 0 fully saturated rings. The molecule has 2 nitrogen and oxygen atoms in total. The van der Waals surface area contributed by atoms with Crippen molar-refractivity contribution in [2.45, 2.75) is 24.7 Å². The number of thioether (sulfide) groups is 1.